The van der Waals surface area contributed by atoms with E-state index in [0.29, 0.717) is 12.2 Å². The van der Waals surface area contributed by atoms with E-state index >= 15 is 0 Å². The minimum atomic E-state index is 0.119. The molecule has 1 aromatic heterocycles. The van der Waals surface area contributed by atoms with Crippen molar-refractivity contribution in [2.24, 2.45) is 5.41 Å². The summed E-state index contributed by atoms with van der Waals surface area (Å²) in [5.74, 6) is 0.304. The molecule has 2 rings (SSSR count). The lowest BCUT2D eigenvalue weighted by Gasteiger charge is -2.28. The maximum Gasteiger partial charge on any atom is 0.165 e. The average molecular weight is 191 g/mol. The van der Waals surface area contributed by atoms with Crippen molar-refractivity contribution in [3.63, 3.8) is 0 Å². The van der Waals surface area contributed by atoms with Gasteiger partial charge in [-0.05, 0) is 31.2 Å². The third kappa shape index (κ3) is 1.29. The van der Waals surface area contributed by atoms with Gasteiger partial charge in [-0.1, -0.05) is 13.8 Å². The molecule has 0 spiro atoms. The number of fused-ring (bicyclic) bond motifs is 1. The minimum absolute atomic E-state index is 0.119. The highest BCUT2D eigenvalue weighted by molar-refractivity contribution is 6.00. The summed E-state index contributed by atoms with van der Waals surface area (Å²) in [4.78, 5) is 15.2. The number of carbonyl (C=O) groups is 1. The molecule has 2 nitrogen and oxygen atoms in total. The van der Waals surface area contributed by atoms with Gasteiger partial charge in [-0.2, -0.15) is 0 Å². The second-order valence-electron chi connectivity index (χ2n) is 5.17. The summed E-state index contributed by atoms with van der Waals surface area (Å²) in [6, 6.07) is 0. The van der Waals surface area contributed by atoms with Gasteiger partial charge in [-0.3, -0.25) is 4.79 Å². The van der Waals surface area contributed by atoms with Gasteiger partial charge in [0.15, 0.2) is 5.78 Å². The molecule has 76 valence electrons. The Hall–Kier alpha value is -1.05. The van der Waals surface area contributed by atoms with Crippen molar-refractivity contribution in [3.8, 4) is 0 Å². The van der Waals surface area contributed by atoms with Crippen LogP contribution in [-0.2, 0) is 6.42 Å². The van der Waals surface area contributed by atoms with Crippen LogP contribution in [0.5, 0.6) is 0 Å². The van der Waals surface area contributed by atoms with Gasteiger partial charge in [-0.15, -0.1) is 0 Å². The Kier molecular flexibility index (Phi) is 1.85. The van der Waals surface area contributed by atoms with Crippen LogP contribution in [0.1, 0.15) is 47.6 Å². The van der Waals surface area contributed by atoms with Crippen LogP contribution in [0.4, 0.5) is 0 Å². The average Bonchev–Trinajstić information content (AvgIpc) is 2.24. The monoisotopic (exact) mass is 191 g/mol. The highest BCUT2D eigenvalue weighted by Crippen LogP contribution is 2.36. The Balaban J connectivity index is 2.56. The van der Waals surface area contributed by atoms with Crippen LogP contribution < -0.4 is 0 Å². The molecule has 1 N–H and O–H groups in total. The fraction of sp³-hybridized carbons (Fsp3) is 0.583. The Bertz CT molecular complexity index is 399. The highest BCUT2D eigenvalue weighted by Gasteiger charge is 2.33. The number of H-pyrrole nitrogens is 1. The molecule has 0 radical (unpaired) electrons. The molecule has 0 bridgehead atoms. The van der Waals surface area contributed by atoms with E-state index in [1.54, 1.807) is 0 Å². The van der Waals surface area contributed by atoms with Crippen molar-refractivity contribution in [2.75, 3.05) is 0 Å². The molecule has 1 heterocycles. The zero-order valence-corrected chi connectivity index (χ0v) is 9.32. The highest BCUT2D eigenvalue weighted by atomic mass is 16.1. The van der Waals surface area contributed by atoms with Gasteiger partial charge in [0, 0.05) is 23.4 Å². The number of ketones is 1. The summed E-state index contributed by atoms with van der Waals surface area (Å²) >= 11 is 0. The first-order chi connectivity index (χ1) is 6.41. The topological polar surface area (TPSA) is 32.9 Å². The van der Waals surface area contributed by atoms with Crippen LogP contribution in [0.3, 0.4) is 0 Å². The third-order valence-electron chi connectivity index (χ3n) is 3.15. The first-order valence-electron chi connectivity index (χ1n) is 5.12. The van der Waals surface area contributed by atoms with Crippen molar-refractivity contribution in [1.82, 2.24) is 4.98 Å². The molecule has 0 saturated carbocycles. The van der Waals surface area contributed by atoms with Crippen LogP contribution >= 0.6 is 0 Å². The number of hydrogen-bond donors (Lipinski definition) is 1. The second kappa shape index (κ2) is 2.72. The van der Waals surface area contributed by atoms with E-state index in [9.17, 15) is 4.79 Å². The number of aromatic amines is 1. The van der Waals surface area contributed by atoms with E-state index in [1.807, 2.05) is 13.8 Å². The summed E-state index contributed by atoms with van der Waals surface area (Å²) in [5.41, 5.74) is 4.50. The van der Waals surface area contributed by atoms with E-state index < -0.39 is 0 Å². The molecule has 0 amide bonds. The summed E-state index contributed by atoms with van der Waals surface area (Å²) in [7, 11) is 0. The molecule has 1 aliphatic rings. The fourth-order valence-corrected chi connectivity index (χ4v) is 2.37. The molecule has 0 saturated heterocycles. The number of carbonyl (C=O) groups excluding carboxylic acids is 1. The van der Waals surface area contributed by atoms with Gasteiger partial charge in [-0.25, -0.2) is 0 Å². The number of rotatable bonds is 0. The van der Waals surface area contributed by atoms with Gasteiger partial charge in [0.2, 0.25) is 0 Å². The zero-order valence-electron chi connectivity index (χ0n) is 9.32. The molecule has 1 aromatic rings. The normalized spacial score (nSPS) is 19.6. The molecule has 0 fully saturated rings. The second-order valence-corrected chi connectivity index (χ2v) is 5.17. The molecule has 0 atom stereocenters. The number of Topliss-reactive ketones (excluding diaryl/α,β-unsaturated/α-hetero) is 1. The Morgan fingerprint density at radius 2 is 1.86 bits per heavy atom. The van der Waals surface area contributed by atoms with E-state index in [-0.39, 0.29) is 5.41 Å². The van der Waals surface area contributed by atoms with Crippen LogP contribution in [0, 0.1) is 19.3 Å². The minimum Gasteiger partial charge on any atom is -0.362 e. The number of hydrogen-bond acceptors (Lipinski definition) is 1. The third-order valence-corrected chi connectivity index (χ3v) is 3.15. The van der Waals surface area contributed by atoms with Crippen molar-refractivity contribution in [1.29, 1.82) is 0 Å². The molecule has 14 heavy (non-hydrogen) atoms. The van der Waals surface area contributed by atoms with Gasteiger partial charge in [0.1, 0.15) is 0 Å². The van der Waals surface area contributed by atoms with Gasteiger partial charge >= 0.3 is 0 Å². The SMILES string of the molecule is Cc1[nH]c2c(c1C)C(=O)CC(C)(C)C2. The van der Waals surface area contributed by atoms with Gasteiger partial charge in [0.25, 0.3) is 0 Å². The molecule has 1 aliphatic carbocycles. The number of nitrogens with one attached hydrogen (secondary N) is 1. The quantitative estimate of drug-likeness (QED) is 0.672. The van der Waals surface area contributed by atoms with E-state index in [0.717, 1.165) is 28.9 Å². The van der Waals surface area contributed by atoms with Crippen LogP contribution in [0.2, 0.25) is 0 Å². The largest absolute Gasteiger partial charge is 0.362 e. The predicted octanol–water partition coefficient (Wildman–Crippen LogP) is 2.79. The van der Waals surface area contributed by atoms with E-state index in [1.165, 1.54) is 0 Å². The van der Waals surface area contributed by atoms with Gasteiger partial charge < -0.3 is 4.98 Å². The first-order valence-corrected chi connectivity index (χ1v) is 5.12. The van der Waals surface area contributed by atoms with Crippen LogP contribution in [0.25, 0.3) is 0 Å². The standard InChI is InChI=1S/C12H17NO/c1-7-8(2)13-9-5-12(3,4)6-10(14)11(7)9/h13H,5-6H2,1-4H3. The smallest absolute Gasteiger partial charge is 0.165 e. The molecule has 0 aromatic carbocycles. The Morgan fingerprint density at radius 3 is 2.50 bits per heavy atom. The van der Waals surface area contributed by atoms with E-state index in [4.69, 9.17) is 0 Å². The Morgan fingerprint density at radius 1 is 1.21 bits per heavy atom. The number of aromatic nitrogens is 1. The van der Waals surface area contributed by atoms with Crippen molar-refractivity contribution >= 4 is 5.78 Å². The zero-order chi connectivity index (χ0) is 10.5. The Labute approximate surface area is 84.7 Å². The molecule has 2 heteroatoms. The lowest BCUT2D eigenvalue weighted by atomic mass is 9.75. The summed E-state index contributed by atoms with van der Waals surface area (Å²) in [5, 5.41) is 0. The van der Waals surface area contributed by atoms with E-state index in [2.05, 4.69) is 18.8 Å². The maximum atomic E-state index is 11.9. The molecular formula is C12H17NO. The molecule has 0 unspecified atom stereocenters. The van der Waals surface area contributed by atoms with Crippen LogP contribution in [0.15, 0.2) is 0 Å². The fourth-order valence-electron chi connectivity index (χ4n) is 2.37. The van der Waals surface area contributed by atoms with Crippen molar-refractivity contribution in [3.05, 3.63) is 22.5 Å². The van der Waals surface area contributed by atoms with Crippen molar-refractivity contribution < 1.29 is 4.79 Å². The van der Waals surface area contributed by atoms with Crippen LogP contribution in [-0.4, -0.2) is 10.8 Å². The summed E-state index contributed by atoms with van der Waals surface area (Å²) in [6.45, 7) is 8.37. The van der Waals surface area contributed by atoms with Gasteiger partial charge in [0.05, 0.1) is 0 Å². The molecule has 0 aliphatic heterocycles. The molecular weight excluding hydrogens is 174 g/mol. The predicted molar refractivity (Wildman–Crippen MR) is 56.7 cm³/mol. The maximum absolute atomic E-state index is 11.9. The summed E-state index contributed by atoms with van der Waals surface area (Å²) < 4.78 is 0. The lowest BCUT2D eigenvalue weighted by Crippen LogP contribution is -2.26. The summed E-state index contributed by atoms with van der Waals surface area (Å²) in [6.07, 6.45) is 1.67. The number of aryl methyl sites for hydroxylation is 1. The van der Waals surface area contributed by atoms with Crippen molar-refractivity contribution in [2.45, 2.75) is 40.5 Å². The first kappa shape index (κ1) is 9.50. The lowest BCUT2D eigenvalue weighted by molar-refractivity contribution is 0.0911.